The third kappa shape index (κ3) is 3.02. The number of rotatable bonds is 3. The number of amides is 1. The normalized spacial score (nSPS) is 12.2. The van der Waals surface area contributed by atoms with Crippen LogP contribution >= 0.6 is 34.5 Å². The van der Waals surface area contributed by atoms with Gasteiger partial charge in [-0.15, -0.1) is 11.3 Å². The number of nitrogens with zero attached hydrogens (tertiary/aromatic N) is 1. The van der Waals surface area contributed by atoms with Crippen LogP contribution in [0.1, 0.15) is 28.9 Å². The molecule has 2 aromatic heterocycles. The molecule has 1 atom stereocenters. The first-order valence-electron chi connectivity index (χ1n) is 5.23. The first-order chi connectivity index (χ1) is 8.58. The van der Waals surface area contributed by atoms with Gasteiger partial charge in [-0.05, 0) is 30.7 Å². The fourth-order valence-corrected chi connectivity index (χ4v) is 2.96. The molecule has 0 saturated heterocycles. The van der Waals surface area contributed by atoms with Crippen LogP contribution in [-0.4, -0.2) is 10.9 Å². The predicted octanol–water partition coefficient (Wildman–Crippen LogP) is 3.94. The fourth-order valence-electron chi connectivity index (χ4n) is 1.50. The average Bonchev–Trinajstić information content (AvgIpc) is 2.69. The van der Waals surface area contributed by atoms with E-state index in [1.807, 2.05) is 19.1 Å². The number of carbonyl (C=O) groups is 1. The van der Waals surface area contributed by atoms with Gasteiger partial charge in [-0.3, -0.25) is 9.78 Å². The van der Waals surface area contributed by atoms with Crippen molar-refractivity contribution in [3.05, 3.63) is 50.4 Å². The molecule has 0 bridgehead atoms. The maximum Gasteiger partial charge on any atom is 0.254 e. The summed E-state index contributed by atoms with van der Waals surface area (Å²) in [5, 5.41) is 2.86. The number of hydrogen-bond donors (Lipinski definition) is 1. The topological polar surface area (TPSA) is 42.0 Å². The third-order valence-corrected chi connectivity index (χ3v) is 3.94. The van der Waals surface area contributed by atoms with Gasteiger partial charge in [-0.2, -0.15) is 0 Å². The Balaban J connectivity index is 2.10. The van der Waals surface area contributed by atoms with Crippen molar-refractivity contribution in [3.8, 4) is 0 Å². The van der Waals surface area contributed by atoms with Gasteiger partial charge >= 0.3 is 0 Å². The van der Waals surface area contributed by atoms with Gasteiger partial charge in [-0.1, -0.05) is 23.2 Å². The van der Waals surface area contributed by atoms with Crippen LogP contribution in [-0.2, 0) is 0 Å². The van der Waals surface area contributed by atoms with E-state index in [4.69, 9.17) is 23.2 Å². The van der Waals surface area contributed by atoms with Gasteiger partial charge < -0.3 is 5.32 Å². The van der Waals surface area contributed by atoms with E-state index in [0.717, 1.165) is 5.56 Å². The average molecular weight is 301 g/mol. The molecule has 2 aromatic rings. The summed E-state index contributed by atoms with van der Waals surface area (Å²) >= 11 is 12.9. The molecule has 2 rings (SSSR count). The summed E-state index contributed by atoms with van der Waals surface area (Å²) in [6.45, 7) is 1.90. The highest BCUT2D eigenvalue weighted by Crippen LogP contribution is 2.31. The van der Waals surface area contributed by atoms with Crippen molar-refractivity contribution >= 4 is 40.4 Å². The smallest absolute Gasteiger partial charge is 0.254 e. The Hall–Kier alpha value is -1.10. The first-order valence-corrected chi connectivity index (χ1v) is 6.81. The second-order valence-corrected chi connectivity index (χ2v) is 6.00. The maximum absolute atomic E-state index is 12.0. The lowest BCUT2D eigenvalue weighted by Crippen LogP contribution is -2.26. The number of thiophene rings is 1. The van der Waals surface area contributed by atoms with Gasteiger partial charge in [0, 0.05) is 12.4 Å². The molecule has 0 saturated carbocycles. The summed E-state index contributed by atoms with van der Waals surface area (Å²) in [4.78, 5) is 15.9. The van der Waals surface area contributed by atoms with Crippen molar-refractivity contribution in [3.63, 3.8) is 0 Å². The molecule has 0 spiro atoms. The summed E-state index contributed by atoms with van der Waals surface area (Å²) in [6, 6.07) is 5.17. The van der Waals surface area contributed by atoms with Gasteiger partial charge in [0.2, 0.25) is 0 Å². The number of aromatic nitrogens is 1. The van der Waals surface area contributed by atoms with Crippen LogP contribution in [0, 0.1) is 0 Å². The van der Waals surface area contributed by atoms with Crippen LogP contribution in [0.2, 0.25) is 8.67 Å². The van der Waals surface area contributed by atoms with Crippen molar-refractivity contribution in [2.45, 2.75) is 13.0 Å². The Kier molecular flexibility index (Phi) is 4.22. The molecule has 18 heavy (non-hydrogen) atoms. The molecule has 0 fully saturated rings. The van der Waals surface area contributed by atoms with E-state index >= 15 is 0 Å². The van der Waals surface area contributed by atoms with E-state index in [2.05, 4.69) is 10.3 Å². The van der Waals surface area contributed by atoms with Crippen LogP contribution in [0.15, 0.2) is 30.6 Å². The quantitative estimate of drug-likeness (QED) is 0.933. The van der Waals surface area contributed by atoms with Crippen LogP contribution in [0.25, 0.3) is 0 Å². The molecular formula is C12H10Cl2N2OS. The molecule has 6 heteroatoms. The van der Waals surface area contributed by atoms with E-state index < -0.39 is 0 Å². The van der Waals surface area contributed by atoms with E-state index in [1.165, 1.54) is 11.3 Å². The van der Waals surface area contributed by atoms with Crippen LogP contribution in [0.5, 0.6) is 0 Å². The van der Waals surface area contributed by atoms with E-state index in [0.29, 0.717) is 14.2 Å². The second-order valence-electron chi connectivity index (χ2n) is 3.71. The zero-order valence-electron chi connectivity index (χ0n) is 9.48. The highest BCUT2D eigenvalue weighted by atomic mass is 35.5. The van der Waals surface area contributed by atoms with E-state index in [-0.39, 0.29) is 11.9 Å². The molecule has 0 aliphatic carbocycles. The Morgan fingerprint density at radius 1 is 1.39 bits per heavy atom. The Bertz CT molecular complexity index is 556. The van der Waals surface area contributed by atoms with Gasteiger partial charge in [-0.25, -0.2) is 0 Å². The monoisotopic (exact) mass is 300 g/mol. The third-order valence-electron chi connectivity index (χ3n) is 2.46. The number of halogens is 2. The van der Waals surface area contributed by atoms with Crippen LogP contribution in [0.4, 0.5) is 0 Å². The molecule has 0 unspecified atom stereocenters. The Morgan fingerprint density at radius 3 is 2.61 bits per heavy atom. The summed E-state index contributed by atoms with van der Waals surface area (Å²) < 4.78 is 0.904. The summed E-state index contributed by atoms with van der Waals surface area (Å²) in [7, 11) is 0. The number of carbonyl (C=O) groups excluding carboxylic acids is 1. The minimum Gasteiger partial charge on any atom is -0.345 e. The van der Waals surface area contributed by atoms with Crippen molar-refractivity contribution < 1.29 is 4.79 Å². The molecule has 1 amide bonds. The minimum absolute atomic E-state index is 0.116. The van der Waals surface area contributed by atoms with Crippen molar-refractivity contribution in [2.75, 3.05) is 0 Å². The highest BCUT2D eigenvalue weighted by Gasteiger charge is 2.16. The molecule has 0 aliphatic heterocycles. The molecule has 0 aromatic carbocycles. The zero-order chi connectivity index (χ0) is 13.1. The Labute approximate surface area is 119 Å². The minimum atomic E-state index is -0.229. The molecule has 3 nitrogen and oxygen atoms in total. The van der Waals surface area contributed by atoms with Gasteiger partial charge in [0.25, 0.3) is 5.91 Å². The predicted molar refractivity (Wildman–Crippen MR) is 74.5 cm³/mol. The maximum atomic E-state index is 12.0. The standard InChI is InChI=1S/C12H10Cl2N2OS/c1-7(8-2-4-15-5-3-8)16-12(17)9-6-10(13)18-11(9)14/h2-7H,1H3,(H,16,17)/t7-/m1/s1. The lowest BCUT2D eigenvalue weighted by Gasteiger charge is -2.13. The number of hydrogen-bond acceptors (Lipinski definition) is 3. The fraction of sp³-hybridized carbons (Fsp3) is 0.167. The molecule has 94 valence electrons. The first kappa shape index (κ1) is 13.3. The number of nitrogens with one attached hydrogen (secondary N) is 1. The summed E-state index contributed by atoms with van der Waals surface area (Å²) in [5.41, 5.74) is 1.39. The van der Waals surface area contributed by atoms with Gasteiger partial charge in [0.15, 0.2) is 0 Å². The summed E-state index contributed by atoms with van der Waals surface area (Å²) in [6.07, 6.45) is 3.37. The van der Waals surface area contributed by atoms with Crippen LogP contribution < -0.4 is 5.32 Å². The van der Waals surface area contributed by atoms with Gasteiger partial charge in [0.05, 0.1) is 15.9 Å². The lowest BCUT2D eigenvalue weighted by atomic mass is 10.1. The lowest BCUT2D eigenvalue weighted by molar-refractivity contribution is 0.0940. The second kappa shape index (κ2) is 5.69. The molecule has 2 heterocycles. The molecular weight excluding hydrogens is 291 g/mol. The largest absolute Gasteiger partial charge is 0.345 e. The van der Waals surface area contributed by atoms with E-state index in [9.17, 15) is 4.79 Å². The van der Waals surface area contributed by atoms with Crippen LogP contribution in [0.3, 0.4) is 0 Å². The Morgan fingerprint density at radius 2 is 2.06 bits per heavy atom. The SMILES string of the molecule is C[C@@H](NC(=O)c1cc(Cl)sc1Cl)c1ccncc1. The molecule has 1 N–H and O–H groups in total. The molecule has 0 radical (unpaired) electrons. The van der Waals surface area contributed by atoms with E-state index in [1.54, 1.807) is 18.5 Å². The number of pyridine rings is 1. The van der Waals surface area contributed by atoms with Crippen molar-refractivity contribution in [1.29, 1.82) is 0 Å². The zero-order valence-corrected chi connectivity index (χ0v) is 11.8. The molecule has 0 aliphatic rings. The van der Waals surface area contributed by atoms with Crippen molar-refractivity contribution in [1.82, 2.24) is 10.3 Å². The van der Waals surface area contributed by atoms with Crippen molar-refractivity contribution in [2.24, 2.45) is 0 Å². The van der Waals surface area contributed by atoms with Gasteiger partial charge in [0.1, 0.15) is 4.34 Å². The highest BCUT2D eigenvalue weighted by molar-refractivity contribution is 7.20. The summed E-state index contributed by atoms with van der Waals surface area (Å²) in [5.74, 6) is -0.229.